The molecule has 0 spiro atoms. The lowest BCUT2D eigenvalue weighted by Crippen LogP contribution is -2.49. The van der Waals surface area contributed by atoms with Crippen molar-refractivity contribution in [3.05, 3.63) is 0 Å². The summed E-state index contributed by atoms with van der Waals surface area (Å²) >= 11 is 0. The van der Waals surface area contributed by atoms with Gasteiger partial charge in [0.1, 0.15) is 0 Å². The van der Waals surface area contributed by atoms with Gasteiger partial charge in [-0.3, -0.25) is 0 Å². The summed E-state index contributed by atoms with van der Waals surface area (Å²) in [6, 6.07) is -0.961. The Morgan fingerprint density at radius 2 is 1.93 bits per heavy atom. The van der Waals surface area contributed by atoms with Crippen LogP contribution in [0.4, 0.5) is 13.6 Å². The number of urea groups is 1. The van der Waals surface area contributed by atoms with E-state index >= 15 is 0 Å². The number of carboxylic acids is 1. The zero-order chi connectivity index (χ0) is 12.1. The zero-order valence-corrected chi connectivity index (χ0v) is 7.96. The van der Waals surface area contributed by atoms with E-state index in [-0.39, 0.29) is 0 Å². The Balaban J connectivity index is 3.85. The number of carboxylic acid groups (broad SMARTS) is 1. The molecule has 8 heteroatoms. The van der Waals surface area contributed by atoms with Crippen LogP contribution in [-0.4, -0.2) is 47.3 Å². The van der Waals surface area contributed by atoms with Crippen molar-refractivity contribution in [1.82, 2.24) is 10.6 Å². The number of aliphatic hydroxyl groups is 1. The molecular formula is C7H12F2N2O4. The molecule has 0 fully saturated rings. The SMILES string of the molecule is CC(O)(CNC(=O)NCC(F)F)C(=O)O. The summed E-state index contributed by atoms with van der Waals surface area (Å²) in [6.45, 7) is -0.429. The second-order valence-corrected chi connectivity index (χ2v) is 3.03. The Hall–Kier alpha value is -1.44. The van der Waals surface area contributed by atoms with Crippen molar-refractivity contribution >= 4 is 12.0 Å². The number of alkyl halides is 2. The summed E-state index contributed by atoms with van der Waals surface area (Å²) in [5.74, 6) is -1.52. The highest BCUT2D eigenvalue weighted by molar-refractivity contribution is 5.79. The molecule has 88 valence electrons. The minimum atomic E-state index is -2.68. The molecule has 0 aliphatic heterocycles. The fourth-order valence-corrected chi connectivity index (χ4v) is 0.560. The van der Waals surface area contributed by atoms with Crippen molar-refractivity contribution in [1.29, 1.82) is 0 Å². The van der Waals surface area contributed by atoms with Crippen molar-refractivity contribution in [3.8, 4) is 0 Å². The van der Waals surface area contributed by atoms with Crippen LogP contribution in [0.2, 0.25) is 0 Å². The summed E-state index contributed by atoms with van der Waals surface area (Å²) in [6.07, 6.45) is -2.68. The predicted molar refractivity (Wildman–Crippen MR) is 45.7 cm³/mol. The highest BCUT2D eigenvalue weighted by Crippen LogP contribution is 2.00. The third kappa shape index (κ3) is 5.78. The molecule has 0 aliphatic rings. The summed E-state index contributed by atoms with van der Waals surface area (Å²) < 4.78 is 23.2. The maximum absolute atomic E-state index is 11.6. The molecule has 0 saturated heterocycles. The van der Waals surface area contributed by atoms with Gasteiger partial charge in [-0.25, -0.2) is 18.4 Å². The number of carbonyl (C=O) groups excluding carboxylic acids is 1. The first-order valence-corrected chi connectivity index (χ1v) is 4.01. The van der Waals surface area contributed by atoms with Gasteiger partial charge in [-0.05, 0) is 6.92 Å². The molecule has 1 unspecified atom stereocenters. The molecular weight excluding hydrogens is 214 g/mol. The predicted octanol–water partition coefficient (Wildman–Crippen LogP) is -0.614. The van der Waals surface area contributed by atoms with Gasteiger partial charge in [0, 0.05) is 0 Å². The van der Waals surface area contributed by atoms with Gasteiger partial charge in [0.05, 0.1) is 13.1 Å². The number of aliphatic carboxylic acids is 1. The Labute approximate surface area is 84.3 Å². The van der Waals surface area contributed by atoms with Crippen LogP contribution in [0.15, 0.2) is 0 Å². The first kappa shape index (κ1) is 13.6. The fourth-order valence-electron chi connectivity index (χ4n) is 0.560. The molecule has 0 saturated carbocycles. The van der Waals surface area contributed by atoms with Gasteiger partial charge in [-0.2, -0.15) is 0 Å². The maximum atomic E-state index is 11.6. The summed E-state index contributed by atoms with van der Waals surface area (Å²) in [5.41, 5.74) is -2.12. The number of hydrogen-bond acceptors (Lipinski definition) is 3. The van der Waals surface area contributed by atoms with E-state index in [9.17, 15) is 18.4 Å². The molecule has 0 aromatic carbocycles. The van der Waals surface area contributed by atoms with E-state index in [1.807, 2.05) is 5.32 Å². The van der Waals surface area contributed by atoms with E-state index in [4.69, 9.17) is 10.2 Å². The number of carbonyl (C=O) groups is 2. The standard InChI is InChI=1S/C7H12F2N2O4/c1-7(15,5(12)13)3-11-6(14)10-2-4(8)9/h4,15H,2-3H2,1H3,(H,12,13)(H2,10,11,14). The number of nitrogens with one attached hydrogen (secondary N) is 2. The third-order valence-electron chi connectivity index (χ3n) is 1.47. The minimum absolute atomic E-state index is 0.572. The molecule has 0 radical (unpaired) electrons. The van der Waals surface area contributed by atoms with Gasteiger partial charge in [0.15, 0.2) is 5.60 Å². The smallest absolute Gasteiger partial charge is 0.337 e. The molecule has 6 nitrogen and oxygen atoms in total. The van der Waals surface area contributed by atoms with Crippen LogP contribution in [-0.2, 0) is 4.79 Å². The van der Waals surface area contributed by atoms with E-state index in [1.54, 1.807) is 5.32 Å². The first-order valence-electron chi connectivity index (χ1n) is 4.01. The highest BCUT2D eigenvalue weighted by Gasteiger charge is 2.30. The first-order chi connectivity index (χ1) is 6.75. The lowest BCUT2D eigenvalue weighted by Gasteiger charge is -2.18. The number of amides is 2. The van der Waals surface area contributed by atoms with E-state index < -0.39 is 37.1 Å². The van der Waals surface area contributed by atoms with E-state index in [0.29, 0.717) is 0 Å². The van der Waals surface area contributed by atoms with Crippen LogP contribution in [0.1, 0.15) is 6.92 Å². The summed E-state index contributed by atoms with van der Waals surface area (Å²) in [5, 5.41) is 21.3. The van der Waals surface area contributed by atoms with Gasteiger partial charge in [-0.1, -0.05) is 0 Å². The lowest BCUT2D eigenvalue weighted by molar-refractivity contribution is -0.155. The van der Waals surface area contributed by atoms with Gasteiger partial charge in [0.2, 0.25) is 0 Å². The average Bonchev–Trinajstić information content (AvgIpc) is 2.11. The van der Waals surface area contributed by atoms with Gasteiger partial charge in [0.25, 0.3) is 6.43 Å². The topological polar surface area (TPSA) is 98.7 Å². The number of hydrogen-bond donors (Lipinski definition) is 4. The Kier molecular flexibility index (Phi) is 4.92. The van der Waals surface area contributed by atoms with Crippen molar-refractivity contribution in [3.63, 3.8) is 0 Å². The quantitative estimate of drug-likeness (QED) is 0.502. The monoisotopic (exact) mass is 226 g/mol. The molecule has 2 amide bonds. The molecule has 0 aromatic heterocycles. The second kappa shape index (κ2) is 5.44. The summed E-state index contributed by atoms with van der Waals surface area (Å²) in [7, 11) is 0. The molecule has 0 rings (SSSR count). The van der Waals surface area contributed by atoms with Crippen molar-refractivity contribution in [2.75, 3.05) is 13.1 Å². The van der Waals surface area contributed by atoms with Gasteiger partial charge in [-0.15, -0.1) is 0 Å². The molecule has 0 bridgehead atoms. The molecule has 4 N–H and O–H groups in total. The minimum Gasteiger partial charge on any atom is -0.479 e. The van der Waals surface area contributed by atoms with Crippen LogP contribution >= 0.6 is 0 Å². The largest absolute Gasteiger partial charge is 0.479 e. The lowest BCUT2D eigenvalue weighted by atomic mass is 10.1. The van der Waals surface area contributed by atoms with Crippen LogP contribution in [0.5, 0.6) is 0 Å². The molecule has 0 heterocycles. The molecule has 0 aromatic rings. The number of rotatable bonds is 5. The zero-order valence-electron chi connectivity index (χ0n) is 7.96. The number of halogens is 2. The Morgan fingerprint density at radius 3 is 2.33 bits per heavy atom. The van der Waals surface area contributed by atoms with Crippen LogP contribution in [0, 0.1) is 0 Å². The normalized spacial score (nSPS) is 14.5. The molecule has 0 aliphatic carbocycles. The second-order valence-electron chi connectivity index (χ2n) is 3.03. The van der Waals surface area contributed by atoms with Crippen molar-refractivity contribution < 1.29 is 28.6 Å². The average molecular weight is 226 g/mol. The van der Waals surface area contributed by atoms with E-state index in [0.717, 1.165) is 6.92 Å². The van der Waals surface area contributed by atoms with Crippen LogP contribution in [0.3, 0.4) is 0 Å². The van der Waals surface area contributed by atoms with Crippen molar-refractivity contribution in [2.45, 2.75) is 19.0 Å². The van der Waals surface area contributed by atoms with Gasteiger partial charge >= 0.3 is 12.0 Å². The molecule has 15 heavy (non-hydrogen) atoms. The van der Waals surface area contributed by atoms with Gasteiger partial charge < -0.3 is 20.8 Å². The third-order valence-corrected chi connectivity index (χ3v) is 1.47. The fraction of sp³-hybridized carbons (Fsp3) is 0.714. The highest BCUT2D eigenvalue weighted by atomic mass is 19.3. The Morgan fingerprint density at radius 1 is 1.40 bits per heavy atom. The van der Waals surface area contributed by atoms with Crippen LogP contribution in [0.25, 0.3) is 0 Å². The van der Waals surface area contributed by atoms with Crippen LogP contribution < -0.4 is 10.6 Å². The maximum Gasteiger partial charge on any atom is 0.337 e. The Bertz CT molecular complexity index is 245. The van der Waals surface area contributed by atoms with E-state index in [1.165, 1.54) is 0 Å². The molecule has 1 atom stereocenters. The van der Waals surface area contributed by atoms with Crippen molar-refractivity contribution in [2.24, 2.45) is 0 Å². The summed E-state index contributed by atoms with van der Waals surface area (Å²) in [4.78, 5) is 21.1. The van der Waals surface area contributed by atoms with E-state index in [2.05, 4.69) is 0 Å².